The third-order valence-electron chi connectivity index (χ3n) is 9.18. The van der Waals surface area contributed by atoms with E-state index >= 15 is 0 Å². The van der Waals surface area contributed by atoms with E-state index in [0.717, 1.165) is 53.2 Å². The Bertz CT molecular complexity index is 2460. The smallest absolute Gasteiger partial charge is 0.282 e. The standard InChI is InChI=1S/C44H29N5O2S3/c50-43-35(23-29-15-7-9-17-37(29)52)46-41(27-11-3-1-4-12-27)48(43)31-19-21-33-39(25-31)54-40-26-32(20-22-34(40)45-33)49-42(28-13-5-2-6-14-28)47-36(44(49)51)24-30-16-8-10-18-38(30)53/h1-26,45,52-53H/b35-23-,36-24+. The summed E-state index contributed by atoms with van der Waals surface area (Å²) in [5, 5.41) is 3.55. The molecule has 6 aromatic rings. The fourth-order valence-corrected chi connectivity index (χ4v) is 8.03. The van der Waals surface area contributed by atoms with Crippen LogP contribution in [0.5, 0.6) is 0 Å². The van der Waals surface area contributed by atoms with Gasteiger partial charge in [-0.3, -0.25) is 19.4 Å². The lowest BCUT2D eigenvalue weighted by Crippen LogP contribution is -2.32. The molecule has 6 aromatic carbocycles. The molecule has 0 unspecified atom stereocenters. The maximum atomic E-state index is 14.1. The molecule has 0 bridgehead atoms. The number of hydrogen-bond donors (Lipinski definition) is 3. The van der Waals surface area contributed by atoms with Crippen molar-refractivity contribution in [3.63, 3.8) is 0 Å². The Balaban J connectivity index is 1.06. The topological polar surface area (TPSA) is 77.4 Å². The Morgan fingerprint density at radius 3 is 1.35 bits per heavy atom. The number of carbonyl (C=O) groups is 2. The van der Waals surface area contributed by atoms with Crippen LogP contribution >= 0.6 is 37.0 Å². The molecule has 260 valence electrons. The average Bonchev–Trinajstić information content (AvgIpc) is 3.71. The average molecular weight is 756 g/mol. The van der Waals surface area contributed by atoms with Crippen molar-refractivity contribution in [1.29, 1.82) is 0 Å². The summed E-state index contributed by atoms with van der Waals surface area (Å²) >= 11 is 10.8. The Morgan fingerprint density at radius 1 is 0.519 bits per heavy atom. The van der Waals surface area contributed by atoms with Crippen LogP contribution in [0.2, 0.25) is 0 Å². The van der Waals surface area contributed by atoms with Crippen LogP contribution in [0.3, 0.4) is 0 Å². The number of amides is 2. The summed E-state index contributed by atoms with van der Waals surface area (Å²) in [4.78, 5) is 44.7. The molecular weight excluding hydrogens is 727 g/mol. The SMILES string of the molecule is O=C1/C(=C/c2ccccc2S)N=C(c2ccccc2)N1c1ccc2c(c1)Sc1cc(N3C(=O)/C(=C\c4ccccc4S)N=C3c3ccccc3)ccc1N2. The van der Waals surface area contributed by atoms with Crippen LogP contribution in [0.4, 0.5) is 22.7 Å². The van der Waals surface area contributed by atoms with Gasteiger partial charge >= 0.3 is 0 Å². The van der Waals surface area contributed by atoms with Crippen molar-refractivity contribution in [2.45, 2.75) is 19.6 Å². The van der Waals surface area contributed by atoms with E-state index in [0.29, 0.717) is 34.4 Å². The highest BCUT2D eigenvalue weighted by molar-refractivity contribution is 7.99. The first kappa shape index (κ1) is 33.7. The van der Waals surface area contributed by atoms with Crippen LogP contribution in [-0.4, -0.2) is 23.5 Å². The summed E-state index contributed by atoms with van der Waals surface area (Å²) in [5.74, 6) is 0.632. The van der Waals surface area contributed by atoms with Gasteiger partial charge in [-0.25, -0.2) is 9.98 Å². The number of fused-ring (bicyclic) bond motifs is 2. The van der Waals surface area contributed by atoms with Crippen LogP contribution in [0.1, 0.15) is 22.3 Å². The minimum Gasteiger partial charge on any atom is -0.354 e. The first-order valence-corrected chi connectivity index (χ1v) is 18.8. The molecule has 1 N–H and O–H groups in total. The Morgan fingerprint density at radius 2 is 0.926 bits per heavy atom. The number of nitrogens with one attached hydrogen (secondary N) is 1. The zero-order chi connectivity index (χ0) is 36.8. The fourth-order valence-electron chi connectivity index (χ4n) is 6.53. The number of nitrogens with zero attached hydrogens (tertiary/aromatic N) is 4. The molecule has 0 saturated carbocycles. The minimum atomic E-state index is -0.230. The van der Waals surface area contributed by atoms with Gasteiger partial charge in [0, 0.05) is 30.7 Å². The minimum absolute atomic E-state index is 0.230. The lowest BCUT2D eigenvalue weighted by Gasteiger charge is -2.26. The summed E-state index contributed by atoms with van der Waals surface area (Å²) in [6.45, 7) is 0. The number of carbonyl (C=O) groups excluding carboxylic acids is 2. The second-order valence-corrected chi connectivity index (χ2v) is 14.7. The van der Waals surface area contributed by atoms with Gasteiger partial charge in [-0.2, -0.15) is 0 Å². The van der Waals surface area contributed by atoms with E-state index < -0.39 is 0 Å². The number of amidine groups is 2. The highest BCUT2D eigenvalue weighted by Crippen LogP contribution is 2.47. The second kappa shape index (κ2) is 14.1. The van der Waals surface area contributed by atoms with Gasteiger partial charge in [-0.1, -0.05) is 109 Å². The monoisotopic (exact) mass is 755 g/mol. The molecule has 54 heavy (non-hydrogen) atoms. The van der Waals surface area contributed by atoms with E-state index in [-0.39, 0.29) is 11.8 Å². The van der Waals surface area contributed by atoms with Crippen molar-refractivity contribution >= 4 is 95.4 Å². The molecule has 3 heterocycles. The number of anilines is 4. The molecule has 7 nitrogen and oxygen atoms in total. The van der Waals surface area contributed by atoms with Crippen molar-refractivity contribution in [2.75, 3.05) is 15.1 Å². The van der Waals surface area contributed by atoms with Gasteiger partial charge in [0.2, 0.25) is 0 Å². The Hall–Kier alpha value is -6.07. The predicted octanol–water partition coefficient (Wildman–Crippen LogP) is 10.1. The van der Waals surface area contributed by atoms with Crippen LogP contribution in [0.25, 0.3) is 12.2 Å². The van der Waals surface area contributed by atoms with Gasteiger partial charge in [0.05, 0.1) is 22.7 Å². The lowest BCUT2D eigenvalue weighted by molar-refractivity contribution is -0.114. The molecule has 9 rings (SSSR count). The molecule has 0 atom stereocenters. The van der Waals surface area contributed by atoms with E-state index in [9.17, 15) is 9.59 Å². The fraction of sp³-hybridized carbons (Fsp3) is 0. The first-order valence-electron chi connectivity index (χ1n) is 17.1. The number of thiol groups is 2. The number of hydrogen-bond acceptors (Lipinski definition) is 8. The van der Waals surface area contributed by atoms with Crippen LogP contribution < -0.4 is 15.1 Å². The van der Waals surface area contributed by atoms with Gasteiger partial charge in [0.25, 0.3) is 11.8 Å². The molecule has 0 saturated heterocycles. The molecule has 2 amide bonds. The Kier molecular flexibility index (Phi) is 8.78. The van der Waals surface area contributed by atoms with Crippen LogP contribution in [0.15, 0.2) is 187 Å². The second-order valence-electron chi connectivity index (χ2n) is 12.6. The predicted molar refractivity (Wildman–Crippen MR) is 225 cm³/mol. The first-order chi connectivity index (χ1) is 26.4. The van der Waals surface area contributed by atoms with E-state index in [1.54, 1.807) is 33.7 Å². The van der Waals surface area contributed by atoms with Crippen LogP contribution in [0, 0.1) is 0 Å². The maximum absolute atomic E-state index is 14.1. The molecule has 0 radical (unpaired) electrons. The summed E-state index contributed by atoms with van der Waals surface area (Å²) in [7, 11) is 0. The summed E-state index contributed by atoms with van der Waals surface area (Å²) in [5.41, 5.74) is 7.11. The molecule has 0 fully saturated rings. The van der Waals surface area contributed by atoms with E-state index in [2.05, 4.69) is 30.6 Å². The van der Waals surface area contributed by atoms with Crippen molar-refractivity contribution in [3.8, 4) is 0 Å². The zero-order valence-electron chi connectivity index (χ0n) is 28.4. The van der Waals surface area contributed by atoms with E-state index in [4.69, 9.17) is 9.98 Å². The van der Waals surface area contributed by atoms with Crippen LogP contribution in [-0.2, 0) is 9.59 Å². The molecule has 3 aliphatic rings. The zero-order valence-corrected chi connectivity index (χ0v) is 31.0. The molecule has 0 spiro atoms. The largest absolute Gasteiger partial charge is 0.354 e. The van der Waals surface area contributed by atoms with E-state index in [1.165, 1.54) is 0 Å². The lowest BCUT2D eigenvalue weighted by atomic mass is 10.1. The summed E-state index contributed by atoms with van der Waals surface area (Å²) < 4.78 is 0. The molecular formula is C44H29N5O2S3. The maximum Gasteiger partial charge on any atom is 0.282 e. The molecule has 0 aromatic heterocycles. The normalized spacial score (nSPS) is 16.3. The van der Waals surface area contributed by atoms with Gasteiger partial charge in [-0.05, 0) is 71.8 Å². The highest BCUT2D eigenvalue weighted by atomic mass is 32.2. The summed E-state index contributed by atoms with van der Waals surface area (Å²) in [6, 6.07) is 46.5. The van der Waals surface area contributed by atoms with Gasteiger partial charge in [0.1, 0.15) is 23.1 Å². The molecule has 10 heteroatoms. The summed E-state index contributed by atoms with van der Waals surface area (Å²) in [6.07, 6.45) is 3.56. The number of aliphatic imine (C=N–C) groups is 2. The highest BCUT2D eigenvalue weighted by Gasteiger charge is 2.35. The number of rotatable bonds is 6. The Labute approximate surface area is 327 Å². The van der Waals surface area contributed by atoms with Crippen molar-refractivity contribution < 1.29 is 9.59 Å². The molecule has 3 aliphatic heterocycles. The number of benzene rings is 6. The van der Waals surface area contributed by atoms with Gasteiger partial charge < -0.3 is 5.32 Å². The molecule has 0 aliphatic carbocycles. The van der Waals surface area contributed by atoms with Crippen molar-refractivity contribution in [1.82, 2.24) is 0 Å². The van der Waals surface area contributed by atoms with E-state index in [1.807, 2.05) is 146 Å². The van der Waals surface area contributed by atoms with Crippen molar-refractivity contribution in [3.05, 3.63) is 179 Å². The van der Waals surface area contributed by atoms with Crippen molar-refractivity contribution in [2.24, 2.45) is 9.98 Å². The third-order valence-corrected chi connectivity index (χ3v) is 11.1. The van der Waals surface area contributed by atoms with Gasteiger partial charge in [0.15, 0.2) is 0 Å². The third kappa shape index (κ3) is 6.24. The quantitative estimate of drug-likeness (QED) is 0.117. The van der Waals surface area contributed by atoms with Gasteiger partial charge in [-0.15, -0.1) is 25.3 Å².